The lowest BCUT2D eigenvalue weighted by atomic mass is 9.78. The lowest BCUT2D eigenvalue weighted by Gasteiger charge is -2.38. The van der Waals surface area contributed by atoms with Gasteiger partial charge in [-0.25, -0.2) is 4.98 Å². The molecule has 1 aromatic rings. The Morgan fingerprint density at radius 3 is 2.65 bits per heavy atom. The average Bonchev–Trinajstić information content (AvgIpc) is 2.79. The van der Waals surface area contributed by atoms with Gasteiger partial charge in [0.2, 0.25) is 0 Å². The van der Waals surface area contributed by atoms with E-state index in [0.29, 0.717) is 11.1 Å². The maximum Gasteiger partial charge on any atom is 0.185 e. The molecule has 1 aliphatic heterocycles. The maximum absolute atomic E-state index is 11.2. The quantitative estimate of drug-likeness (QED) is 0.773. The number of Topliss-reactive ketones (excluding diaryl/α,β-unsaturated/α-hetero) is 1. The highest BCUT2D eigenvalue weighted by atomic mass is 32.1. The lowest BCUT2D eigenvalue weighted by Crippen LogP contribution is -2.38. The van der Waals surface area contributed by atoms with Crippen LogP contribution in [0, 0.1) is 5.41 Å². The Morgan fingerprint density at radius 2 is 2.18 bits per heavy atom. The Morgan fingerprint density at radius 1 is 1.53 bits per heavy atom. The van der Waals surface area contributed by atoms with Gasteiger partial charge in [-0.3, -0.25) is 4.79 Å². The molecule has 0 unspecified atom stereocenters. The summed E-state index contributed by atoms with van der Waals surface area (Å²) >= 11 is 1.59. The monoisotopic (exact) mass is 252 g/mol. The Balaban J connectivity index is 2.03. The number of nitrogens with zero attached hydrogens (tertiary/aromatic N) is 2. The molecular formula is C13H20N2OS. The van der Waals surface area contributed by atoms with E-state index in [-0.39, 0.29) is 5.78 Å². The highest BCUT2D eigenvalue weighted by Crippen LogP contribution is 2.36. The number of carbonyl (C=O) groups excluding carboxylic acids is 1. The van der Waals surface area contributed by atoms with E-state index in [1.165, 1.54) is 19.3 Å². The largest absolute Gasteiger partial charge is 0.348 e. The van der Waals surface area contributed by atoms with Crippen molar-refractivity contribution in [1.82, 2.24) is 4.98 Å². The van der Waals surface area contributed by atoms with Gasteiger partial charge in [-0.1, -0.05) is 20.3 Å². The van der Waals surface area contributed by atoms with Gasteiger partial charge in [0.15, 0.2) is 10.9 Å². The molecule has 2 rings (SSSR count). The number of piperidine rings is 1. The molecule has 0 radical (unpaired) electrons. The van der Waals surface area contributed by atoms with Gasteiger partial charge in [-0.05, 0) is 18.3 Å². The van der Waals surface area contributed by atoms with Crippen molar-refractivity contribution in [3.8, 4) is 0 Å². The van der Waals surface area contributed by atoms with Crippen LogP contribution in [0.4, 0.5) is 5.13 Å². The van der Waals surface area contributed by atoms with Gasteiger partial charge in [0.1, 0.15) is 5.69 Å². The molecule has 1 aliphatic rings. The smallest absolute Gasteiger partial charge is 0.185 e. The summed E-state index contributed by atoms with van der Waals surface area (Å²) in [6.07, 6.45) is 3.69. The molecular weight excluding hydrogens is 232 g/mol. The number of anilines is 1. The molecule has 17 heavy (non-hydrogen) atoms. The van der Waals surface area contributed by atoms with Crippen molar-refractivity contribution in [2.75, 3.05) is 18.0 Å². The number of ketones is 1. The molecule has 1 fully saturated rings. The Hall–Kier alpha value is -0.900. The van der Waals surface area contributed by atoms with Gasteiger partial charge in [-0.15, -0.1) is 11.3 Å². The maximum atomic E-state index is 11.2. The van der Waals surface area contributed by atoms with Crippen molar-refractivity contribution in [3.63, 3.8) is 0 Å². The predicted molar refractivity (Wildman–Crippen MR) is 72.0 cm³/mol. The van der Waals surface area contributed by atoms with Crippen LogP contribution in [0.25, 0.3) is 0 Å². The Kier molecular flexibility index (Phi) is 3.52. The molecule has 3 nitrogen and oxygen atoms in total. The highest BCUT2D eigenvalue weighted by Gasteiger charge is 2.29. The van der Waals surface area contributed by atoms with Crippen molar-refractivity contribution in [3.05, 3.63) is 11.1 Å². The number of hydrogen-bond acceptors (Lipinski definition) is 4. The number of carbonyl (C=O) groups is 1. The van der Waals surface area contributed by atoms with Gasteiger partial charge in [-0.2, -0.15) is 0 Å². The molecule has 1 aromatic heterocycles. The molecule has 0 aromatic carbocycles. The second-order valence-corrected chi connectivity index (χ2v) is 6.06. The minimum atomic E-state index is 0.0582. The number of rotatable bonds is 3. The van der Waals surface area contributed by atoms with E-state index in [0.717, 1.165) is 18.2 Å². The third-order valence-corrected chi connectivity index (χ3v) is 4.85. The van der Waals surface area contributed by atoms with Crippen molar-refractivity contribution >= 4 is 22.3 Å². The zero-order valence-electron chi connectivity index (χ0n) is 10.8. The van der Waals surface area contributed by atoms with E-state index < -0.39 is 0 Å². The summed E-state index contributed by atoms with van der Waals surface area (Å²) in [5.41, 5.74) is 1.10. The van der Waals surface area contributed by atoms with Crippen LogP contribution in [-0.2, 0) is 0 Å². The second kappa shape index (κ2) is 4.77. The lowest BCUT2D eigenvalue weighted by molar-refractivity contribution is 0.101. The summed E-state index contributed by atoms with van der Waals surface area (Å²) in [6, 6.07) is 0. The molecule has 1 saturated heterocycles. The zero-order valence-corrected chi connectivity index (χ0v) is 11.6. The topological polar surface area (TPSA) is 33.2 Å². The minimum Gasteiger partial charge on any atom is -0.348 e. The van der Waals surface area contributed by atoms with Crippen LogP contribution in [0.2, 0.25) is 0 Å². The molecule has 0 atom stereocenters. The Bertz CT molecular complexity index is 405. The predicted octanol–water partition coefficient (Wildman–Crippen LogP) is 3.36. The first-order valence-electron chi connectivity index (χ1n) is 6.25. The van der Waals surface area contributed by atoms with Gasteiger partial charge in [0.25, 0.3) is 0 Å². The molecule has 0 amide bonds. The van der Waals surface area contributed by atoms with E-state index in [9.17, 15) is 4.79 Å². The second-order valence-electron chi connectivity index (χ2n) is 5.22. The van der Waals surface area contributed by atoms with Gasteiger partial charge < -0.3 is 4.90 Å². The standard InChI is InChI=1S/C13H20N2OS/c1-4-13(3)5-7-15(8-6-13)12-14-11(9-17-12)10(2)16/h9H,4-8H2,1-3H3. The zero-order chi connectivity index (χ0) is 12.5. The first-order valence-corrected chi connectivity index (χ1v) is 7.13. The number of thiazole rings is 1. The Labute approximate surface area is 107 Å². The fourth-order valence-corrected chi connectivity index (χ4v) is 3.08. The number of hydrogen-bond donors (Lipinski definition) is 0. The minimum absolute atomic E-state index is 0.0582. The van der Waals surface area contributed by atoms with Gasteiger partial charge in [0.05, 0.1) is 0 Å². The third kappa shape index (κ3) is 2.68. The van der Waals surface area contributed by atoms with Crippen LogP contribution < -0.4 is 4.90 Å². The van der Waals surface area contributed by atoms with E-state index in [1.54, 1.807) is 18.3 Å². The molecule has 0 saturated carbocycles. The molecule has 0 N–H and O–H groups in total. The molecule has 0 spiro atoms. The average molecular weight is 252 g/mol. The third-order valence-electron chi connectivity index (χ3n) is 3.95. The van der Waals surface area contributed by atoms with E-state index >= 15 is 0 Å². The van der Waals surface area contributed by atoms with Gasteiger partial charge in [0, 0.05) is 25.4 Å². The van der Waals surface area contributed by atoms with E-state index in [4.69, 9.17) is 0 Å². The number of aromatic nitrogens is 1. The molecule has 0 bridgehead atoms. The van der Waals surface area contributed by atoms with E-state index in [2.05, 4.69) is 23.7 Å². The summed E-state index contributed by atoms with van der Waals surface area (Å²) in [5, 5.41) is 2.87. The highest BCUT2D eigenvalue weighted by molar-refractivity contribution is 7.13. The van der Waals surface area contributed by atoms with Crippen LogP contribution >= 0.6 is 11.3 Å². The van der Waals surface area contributed by atoms with Crippen LogP contribution in [0.1, 0.15) is 50.5 Å². The SMILES string of the molecule is CCC1(C)CCN(c2nc(C(C)=O)cs2)CC1. The fraction of sp³-hybridized carbons (Fsp3) is 0.692. The van der Waals surface area contributed by atoms with Crippen LogP contribution in [-0.4, -0.2) is 23.9 Å². The first-order chi connectivity index (χ1) is 8.04. The summed E-state index contributed by atoms with van der Waals surface area (Å²) in [7, 11) is 0. The summed E-state index contributed by atoms with van der Waals surface area (Å²) in [5.74, 6) is 0.0582. The van der Waals surface area contributed by atoms with E-state index in [1.807, 2.05) is 5.38 Å². The van der Waals surface area contributed by atoms with Crippen molar-refractivity contribution in [2.45, 2.75) is 40.0 Å². The molecule has 94 valence electrons. The van der Waals surface area contributed by atoms with Crippen LogP contribution in [0.5, 0.6) is 0 Å². The normalized spacial score (nSPS) is 19.4. The summed E-state index contributed by atoms with van der Waals surface area (Å²) in [4.78, 5) is 17.9. The van der Waals surface area contributed by atoms with Crippen LogP contribution in [0.3, 0.4) is 0 Å². The van der Waals surface area contributed by atoms with Gasteiger partial charge >= 0.3 is 0 Å². The molecule has 0 aliphatic carbocycles. The van der Waals surface area contributed by atoms with Crippen molar-refractivity contribution in [2.24, 2.45) is 5.41 Å². The van der Waals surface area contributed by atoms with Crippen LogP contribution in [0.15, 0.2) is 5.38 Å². The molecule has 2 heterocycles. The van der Waals surface area contributed by atoms with Crippen molar-refractivity contribution < 1.29 is 4.79 Å². The summed E-state index contributed by atoms with van der Waals surface area (Å²) < 4.78 is 0. The molecule has 4 heteroatoms. The fourth-order valence-electron chi connectivity index (χ4n) is 2.16. The first kappa shape index (κ1) is 12.6. The summed E-state index contributed by atoms with van der Waals surface area (Å²) in [6.45, 7) is 8.34. The van der Waals surface area contributed by atoms with Crippen molar-refractivity contribution in [1.29, 1.82) is 0 Å².